The fourth-order valence-electron chi connectivity index (χ4n) is 1.60. The van der Waals surface area contributed by atoms with Crippen LogP contribution in [0.25, 0.3) is 0 Å². The van der Waals surface area contributed by atoms with E-state index in [9.17, 15) is 0 Å². The summed E-state index contributed by atoms with van der Waals surface area (Å²) >= 11 is 0. The molecule has 1 N–H and O–H groups in total. The first-order chi connectivity index (χ1) is 4.41. The predicted octanol–water partition coefficient (Wildman–Crippen LogP) is 1.51. The average molecular weight is 143 g/mol. The van der Waals surface area contributed by atoms with E-state index in [4.69, 9.17) is 4.74 Å². The van der Waals surface area contributed by atoms with Crippen molar-refractivity contribution in [2.24, 2.45) is 0 Å². The number of hydrogen-bond donors (Lipinski definition) is 1. The van der Waals surface area contributed by atoms with Gasteiger partial charge in [-0.1, -0.05) is 0 Å². The van der Waals surface area contributed by atoms with Gasteiger partial charge in [-0.05, 0) is 34.1 Å². The third-order valence-corrected chi connectivity index (χ3v) is 1.88. The normalized spacial score (nSPS) is 30.0. The second-order valence-electron chi connectivity index (χ2n) is 4.29. The Kier molecular flexibility index (Phi) is 1.77. The summed E-state index contributed by atoms with van der Waals surface area (Å²) < 4.78 is 5.49. The SMILES string of the molecule is CC1(C)CC(C)(C)OCN1. The van der Waals surface area contributed by atoms with Gasteiger partial charge in [-0.2, -0.15) is 0 Å². The summed E-state index contributed by atoms with van der Waals surface area (Å²) in [5, 5.41) is 3.29. The van der Waals surface area contributed by atoms with Crippen molar-refractivity contribution in [3.8, 4) is 0 Å². The van der Waals surface area contributed by atoms with E-state index >= 15 is 0 Å². The predicted molar refractivity (Wildman–Crippen MR) is 41.9 cm³/mol. The van der Waals surface area contributed by atoms with Crippen LogP contribution in [0.3, 0.4) is 0 Å². The van der Waals surface area contributed by atoms with Gasteiger partial charge < -0.3 is 4.74 Å². The Labute approximate surface area is 63.0 Å². The fourth-order valence-corrected chi connectivity index (χ4v) is 1.60. The number of rotatable bonds is 0. The standard InChI is InChI=1S/C8H17NO/c1-7(2)5-8(3,4)10-6-9-7/h9H,5-6H2,1-4H3. The van der Waals surface area contributed by atoms with E-state index in [0.717, 1.165) is 6.42 Å². The van der Waals surface area contributed by atoms with Crippen molar-refractivity contribution >= 4 is 0 Å². The molecule has 0 radical (unpaired) electrons. The van der Waals surface area contributed by atoms with Crippen LogP contribution in [0, 0.1) is 0 Å². The van der Waals surface area contributed by atoms with Gasteiger partial charge in [0.05, 0.1) is 12.3 Å². The minimum atomic E-state index is 0.0503. The molecule has 1 rings (SSSR count). The van der Waals surface area contributed by atoms with E-state index in [1.807, 2.05) is 0 Å². The average Bonchev–Trinajstić information content (AvgIpc) is 1.56. The molecule has 0 atom stereocenters. The third-order valence-electron chi connectivity index (χ3n) is 1.88. The van der Waals surface area contributed by atoms with Gasteiger partial charge in [0.1, 0.15) is 0 Å². The highest BCUT2D eigenvalue weighted by Gasteiger charge is 2.33. The molecule has 0 amide bonds. The van der Waals surface area contributed by atoms with Crippen LogP contribution in [0.2, 0.25) is 0 Å². The van der Waals surface area contributed by atoms with Crippen LogP contribution in [0.5, 0.6) is 0 Å². The minimum absolute atomic E-state index is 0.0503. The molecule has 1 heterocycles. The molecule has 1 saturated heterocycles. The van der Waals surface area contributed by atoms with Gasteiger partial charge >= 0.3 is 0 Å². The molecule has 0 aromatic heterocycles. The summed E-state index contributed by atoms with van der Waals surface area (Å²) in [6, 6.07) is 0. The van der Waals surface area contributed by atoms with Gasteiger partial charge in [0.15, 0.2) is 0 Å². The molecule has 1 aliphatic heterocycles. The Morgan fingerprint density at radius 2 is 1.80 bits per heavy atom. The van der Waals surface area contributed by atoms with E-state index in [1.54, 1.807) is 0 Å². The maximum absolute atomic E-state index is 5.49. The van der Waals surface area contributed by atoms with Crippen LogP contribution >= 0.6 is 0 Å². The van der Waals surface area contributed by atoms with Gasteiger partial charge in [-0.25, -0.2) is 0 Å². The lowest BCUT2D eigenvalue weighted by Crippen LogP contribution is -2.53. The van der Waals surface area contributed by atoms with Crippen molar-refractivity contribution in [2.75, 3.05) is 6.73 Å². The molecule has 0 spiro atoms. The van der Waals surface area contributed by atoms with Crippen LogP contribution in [0.4, 0.5) is 0 Å². The summed E-state index contributed by atoms with van der Waals surface area (Å²) in [4.78, 5) is 0. The molecule has 2 heteroatoms. The Bertz CT molecular complexity index is 115. The topological polar surface area (TPSA) is 21.3 Å². The van der Waals surface area contributed by atoms with Gasteiger partial charge in [-0.3, -0.25) is 5.32 Å². The van der Waals surface area contributed by atoms with Crippen molar-refractivity contribution in [1.29, 1.82) is 0 Å². The number of ether oxygens (including phenoxy) is 1. The molecule has 60 valence electrons. The highest BCUT2D eigenvalue weighted by Crippen LogP contribution is 2.26. The van der Waals surface area contributed by atoms with E-state index < -0.39 is 0 Å². The van der Waals surface area contributed by atoms with Crippen molar-refractivity contribution in [1.82, 2.24) is 5.32 Å². The van der Waals surface area contributed by atoms with Crippen molar-refractivity contribution in [3.05, 3.63) is 0 Å². The number of nitrogens with one attached hydrogen (secondary N) is 1. The maximum atomic E-state index is 5.49. The molecule has 0 aromatic carbocycles. The summed E-state index contributed by atoms with van der Waals surface area (Å²) in [6.45, 7) is 9.36. The Morgan fingerprint density at radius 3 is 2.10 bits per heavy atom. The monoisotopic (exact) mass is 143 g/mol. The highest BCUT2D eigenvalue weighted by atomic mass is 16.5. The molecule has 0 bridgehead atoms. The Balaban J connectivity index is 2.56. The van der Waals surface area contributed by atoms with Crippen LogP contribution in [-0.2, 0) is 4.74 Å². The van der Waals surface area contributed by atoms with Crippen LogP contribution in [0.1, 0.15) is 34.1 Å². The smallest absolute Gasteiger partial charge is 0.0976 e. The number of hydrogen-bond acceptors (Lipinski definition) is 2. The van der Waals surface area contributed by atoms with E-state index in [2.05, 4.69) is 33.0 Å². The fraction of sp³-hybridized carbons (Fsp3) is 1.00. The molecule has 0 unspecified atom stereocenters. The van der Waals surface area contributed by atoms with Crippen molar-refractivity contribution in [3.63, 3.8) is 0 Å². The molecule has 0 saturated carbocycles. The van der Waals surface area contributed by atoms with E-state index in [0.29, 0.717) is 6.73 Å². The summed E-state index contributed by atoms with van der Waals surface area (Å²) in [7, 11) is 0. The second kappa shape index (κ2) is 2.21. The van der Waals surface area contributed by atoms with Gasteiger partial charge in [-0.15, -0.1) is 0 Å². The summed E-state index contributed by atoms with van der Waals surface area (Å²) in [6.07, 6.45) is 1.07. The molecule has 1 fully saturated rings. The summed E-state index contributed by atoms with van der Waals surface area (Å²) in [5.74, 6) is 0. The maximum Gasteiger partial charge on any atom is 0.0976 e. The quantitative estimate of drug-likeness (QED) is 0.555. The zero-order valence-electron chi connectivity index (χ0n) is 7.32. The second-order valence-corrected chi connectivity index (χ2v) is 4.29. The lowest BCUT2D eigenvalue weighted by Gasteiger charge is -2.41. The molecule has 0 aliphatic carbocycles. The van der Waals surface area contributed by atoms with Crippen LogP contribution < -0.4 is 5.32 Å². The largest absolute Gasteiger partial charge is 0.360 e. The van der Waals surface area contributed by atoms with E-state index in [-0.39, 0.29) is 11.1 Å². The molecule has 10 heavy (non-hydrogen) atoms. The molecular weight excluding hydrogens is 126 g/mol. The van der Waals surface area contributed by atoms with Gasteiger partial charge in [0, 0.05) is 5.54 Å². The lowest BCUT2D eigenvalue weighted by atomic mass is 9.88. The Hall–Kier alpha value is -0.0800. The van der Waals surface area contributed by atoms with Gasteiger partial charge in [0.25, 0.3) is 0 Å². The molecule has 2 nitrogen and oxygen atoms in total. The van der Waals surface area contributed by atoms with E-state index in [1.165, 1.54) is 0 Å². The first-order valence-electron chi connectivity index (χ1n) is 3.80. The first-order valence-corrected chi connectivity index (χ1v) is 3.80. The third kappa shape index (κ3) is 1.96. The Morgan fingerprint density at radius 1 is 1.20 bits per heavy atom. The highest BCUT2D eigenvalue weighted by molar-refractivity contribution is 4.88. The molecular formula is C8H17NO. The summed E-state index contributed by atoms with van der Waals surface area (Å²) in [5.41, 5.74) is 0.288. The molecule has 0 aromatic rings. The van der Waals surface area contributed by atoms with Crippen molar-refractivity contribution in [2.45, 2.75) is 45.3 Å². The first kappa shape index (κ1) is 8.02. The zero-order valence-corrected chi connectivity index (χ0v) is 7.32. The minimum Gasteiger partial charge on any atom is -0.360 e. The van der Waals surface area contributed by atoms with Crippen molar-refractivity contribution < 1.29 is 4.74 Å². The molecule has 1 aliphatic rings. The van der Waals surface area contributed by atoms with Crippen LogP contribution in [0.15, 0.2) is 0 Å². The van der Waals surface area contributed by atoms with Crippen LogP contribution in [-0.4, -0.2) is 17.9 Å². The van der Waals surface area contributed by atoms with Gasteiger partial charge in [0.2, 0.25) is 0 Å². The lowest BCUT2D eigenvalue weighted by molar-refractivity contribution is -0.0913. The zero-order chi connectivity index (χ0) is 7.83.